The number of hydrogen-bond acceptors (Lipinski definition) is 2. The van der Waals surface area contributed by atoms with Crippen molar-refractivity contribution in [3.05, 3.63) is 29.3 Å². The Hall–Kier alpha value is -0.670. The Morgan fingerprint density at radius 3 is 2.85 bits per heavy atom. The molecule has 2 heterocycles. The average molecular weight is 291 g/mol. The Balaban J connectivity index is 1.85. The highest BCUT2D eigenvalue weighted by molar-refractivity contribution is 7.85. The molecule has 0 saturated carbocycles. The third-order valence-electron chi connectivity index (χ3n) is 4.97. The summed E-state index contributed by atoms with van der Waals surface area (Å²) < 4.78 is 12.3. The van der Waals surface area contributed by atoms with Crippen LogP contribution in [0.15, 0.2) is 23.1 Å². The Kier molecular flexibility index (Phi) is 4.00. The van der Waals surface area contributed by atoms with Gasteiger partial charge in [0, 0.05) is 16.7 Å². The molecule has 0 aromatic heterocycles. The largest absolute Gasteiger partial charge is 0.303 e. The molecule has 1 aromatic carbocycles. The number of benzene rings is 1. The smallest absolute Gasteiger partial charge is 0.0538 e. The van der Waals surface area contributed by atoms with E-state index in [0.717, 1.165) is 10.6 Å². The monoisotopic (exact) mass is 291 g/mol. The summed E-state index contributed by atoms with van der Waals surface area (Å²) in [5.41, 5.74) is 2.75. The predicted molar refractivity (Wildman–Crippen MR) is 84.8 cm³/mol. The van der Waals surface area contributed by atoms with E-state index < -0.39 is 10.8 Å². The Labute approximate surface area is 125 Å². The molecule has 110 valence electrons. The summed E-state index contributed by atoms with van der Waals surface area (Å²) in [4.78, 5) is 3.58. The molecule has 1 unspecified atom stereocenters. The summed E-state index contributed by atoms with van der Waals surface area (Å²) in [5, 5.41) is 0. The summed E-state index contributed by atoms with van der Waals surface area (Å²) in [5.74, 6) is 1.88. The third-order valence-corrected chi connectivity index (χ3v) is 6.53. The van der Waals surface area contributed by atoms with E-state index in [-0.39, 0.29) is 0 Å². The first-order valence-corrected chi connectivity index (χ1v) is 9.10. The third kappa shape index (κ3) is 2.58. The van der Waals surface area contributed by atoms with Gasteiger partial charge in [-0.25, -0.2) is 0 Å². The van der Waals surface area contributed by atoms with E-state index in [0.29, 0.717) is 17.9 Å². The standard InChI is InChI=1S/C17H25NOS/c1-12(2)13-6-7-17-16(10-13)14(11-20(17)19)9-15-5-4-8-18(15)3/h6-7,10,12,14-15H,4-5,8-9,11H2,1-3H3/t14-,15-,20?/m1/s1. The second-order valence-corrected chi connectivity index (χ2v) is 8.14. The molecule has 0 N–H and O–H groups in total. The van der Waals surface area contributed by atoms with Gasteiger partial charge in [0.1, 0.15) is 0 Å². The van der Waals surface area contributed by atoms with Gasteiger partial charge in [0.2, 0.25) is 0 Å². The van der Waals surface area contributed by atoms with Crippen LogP contribution >= 0.6 is 0 Å². The lowest BCUT2D eigenvalue weighted by Gasteiger charge is -2.23. The first-order valence-electron chi connectivity index (χ1n) is 7.78. The molecule has 3 atom stereocenters. The van der Waals surface area contributed by atoms with Gasteiger partial charge < -0.3 is 4.90 Å². The van der Waals surface area contributed by atoms with Crippen molar-refractivity contribution in [1.29, 1.82) is 0 Å². The maximum absolute atomic E-state index is 12.3. The van der Waals surface area contributed by atoms with Gasteiger partial charge in [-0.05, 0) is 61.9 Å². The molecule has 20 heavy (non-hydrogen) atoms. The van der Waals surface area contributed by atoms with Gasteiger partial charge in [0.25, 0.3) is 0 Å². The Morgan fingerprint density at radius 1 is 1.40 bits per heavy atom. The van der Waals surface area contributed by atoms with Crippen molar-refractivity contribution in [3.8, 4) is 0 Å². The fourth-order valence-electron chi connectivity index (χ4n) is 3.62. The van der Waals surface area contributed by atoms with Crippen molar-refractivity contribution in [2.75, 3.05) is 19.3 Å². The van der Waals surface area contributed by atoms with Gasteiger partial charge >= 0.3 is 0 Å². The first kappa shape index (κ1) is 14.3. The van der Waals surface area contributed by atoms with E-state index in [2.05, 4.69) is 44.0 Å². The highest BCUT2D eigenvalue weighted by Crippen LogP contribution is 2.39. The molecule has 1 saturated heterocycles. The van der Waals surface area contributed by atoms with Crippen LogP contribution in [0.2, 0.25) is 0 Å². The van der Waals surface area contributed by atoms with E-state index in [4.69, 9.17) is 0 Å². The van der Waals surface area contributed by atoms with Crippen LogP contribution in [0.3, 0.4) is 0 Å². The van der Waals surface area contributed by atoms with Crippen LogP contribution in [-0.2, 0) is 10.8 Å². The molecule has 0 amide bonds. The minimum Gasteiger partial charge on any atom is -0.303 e. The van der Waals surface area contributed by atoms with Gasteiger partial charge in [0.05, 0.1) is 10.8 Å². The highest BCUT2D eigenvalue weighted by Gasteiger charge is 2.33. The van der Waals surface area contributed by atoms with Crippen molar-refractivity contribution < 1.29 is 4.21 Å². The molecule has 2 nitrogen and oxygen atoms in total. The van der Waals surface area contributed by atoms with E-state index in [1.807, 2.05) is 0 Å². The predicted octanol–water partition coefficient (Wildman–Crippen LogP) is 3.50. The van der Waals surface area contributed by atoms with Crippen molar-refractivity contribution in [2.24, 2.45) is 0 Å². The zero-order valence-corrected chi connectivity index (χ0v) is 13.6. The van der Waals surface area contributed by atoms with Crippen LogP contribution in [0.4, 0.5) is 0 Å². The number of nitrogens with zero attached hydrogens (tertiary/aromatic N) is 1. The first-order chi connectivity index (χ1) is 9.56. The number of hydrogen-bond donors (Lipinski definition) is 0. The van der Waals surface area contributed by atoms with Crippen LogP contribution < -0.4 is 0 Å². The molecule has 0 bridgehead atoms. The van der Waals surface area contributed by atoms with Crippen LogP contribution in [0, 0.1) is 0 Å². The topological polar surface area (TPSA) is 20.3 Å². The van der Waals surface area contributed by atoms with Crippen LogP contribution in [0.1, 0.15) is 56.1 Å². The Morgan fingerprint density at radius 2 is 2.20 bits per heavy atom. The quantitative estimate of drug-likeness (QED) is 0.849. The van der Waals surface area contributed by atoms with Crippen molar-refractivity contribution in [2.45, 2.75) is 55.9 Å². The van der Waals surface area contributed by atoms with Gasteiger partial charge in [-0.3, -0.25) is 4.21 Å². The average Bonchev–Trinajstić information content (AvgIpc) is 2.95. The molecule has 0 aliphatic carbocycles. The van der Waals surface area contributed by atoms with Crippen molar-refractivity contribution in [3.63, 3.8) is 0 Å². The molecule has 3 heteroatoms. The van der Waals surface area contributed by atoms with E-state index >= 15 is 0 Å². The minimum absolute atomic E-state index is 0.495. The van der Waals surface area contributed by atoms with E-state index in [9.17, 15) is 4.21 Å². The normalized spacial score (nSPS) is 30.1. The van der Waals surface area contributed by atoms with E-state index in [1.54, 1.807) is 0 Å². The van der Waals surface area contributed by atoms with Crippen LogP contribution in [-0.4, -0.2) is 34.5 Å². The fraction of sp³-hybridized carbons (Fsp3) is 0.647. The molecule has 2 aliphatic heterocycles. The molecule has 1 aromatic rings. The zero-order chi connectivity index (χ0) is 14.3. The summed E-state index contributed by atoms with van der Waals surface area (Å²) in [6.45, 7) is 5.68. The summed E-state index contributed by atoms with van der Waals surface area (Å²) in [7, 11) is 1.45. The number of fused-ring (bicyclic) bond motifs is 1. The van der Waals surface area contributed by atoms with Gasteiger partial charge in [-0.15, -0.1) is 0 Å². The van der Waals surface area contributed by atoms with Crippen LogP contribution in [0.5, 0.6) is 0 Å². The van der Waals surface area contributed by atoms with E-state index in [1.165, 1.54) is 36.9 Å². The lowest BCUT2D eigenvalue weighted by Crippen LogP contribution is -2.27. The molecule has 1 fully saturated rings. The van der Waals surface area contributed by atoms with Gasteiger partial charge in [-0.2, -0.15) is 0 Å². The zero-order valence-electron chi connectivity index (χ0n) is 12.8. The summed E-state index contributed by atoms with van der Waals surface area (Å²) >= 11 is 0. The number of rotatable bonds is 3. The summed E-state index contributed by atoms with van der Waals surface area (Å²) in [6.07, 6.45) is 3.80. The minimum atomic E-state index is -0.779. The Bertz CT molecular complexity index is 526. The maximum Gasteiger partial charge on any atom is 0.0538 e. The summed E-state index contributed by atoms with van der Waals surface area (Å²) in [6, 6.07) is 7.28. The highest BCUT2D eigenvalue weighted by atomic mass is 32.2. The van der Waals surface area contributed by atoms with Crippen LogP contribution in [0.25, 0.3) is 0 Å². The number of likely N-dealkylation sites (tertiary alicyclic amines) is 1. The maximum atomic E-state index is 12.3. The second-order valence-electron chi connectivity index (χ2n) is 6.67. The molecular weight excluding hydrogens is 266 g/mol. The molecule has 3 rings (SSSR count). The lowest BCUT2D eigenvalue weighted by molar-refractivity contribution is 0.286. The lowest BCUT2D eigenvalue weighted by atomic mass is 9.90. The second kappa shape index (κ2) is 5.61. The van der Waals surface area contributed by atoms with Crippen molar-refractivity contribution in [1.82, 2.24) is 4.90 Å². The molecule has 0 radical (unpaired) electrons. The van der Waals surface area contributed by atoms with Gasteiger partial charge in [0.15, 0.2) is 0 Å². The van der Waals surface area contributed by atoms with Crippen molar-refractivity contribution >= 4 is 10.8 Å². The fourth-order valence-corrected chi connectivity index (χ4v) is 5.18. The molecule has 0 spiro atoms. The molecular formula is C17H25NOS. The SMILES string of the molecule is CC(C)c1ccc2c(c1)[C@H](C[C@H]1CCCN1C)CS2=O. The molecule has 2 aliphatic rings. The van der Waals surface area contributed by atoms with Gasteiger partial charge in [-0.1, -0.05) is 26.0 Å².